The molecular formula is C23H19ClN2O. The minimum absolute atomic E-state index is 0.0921. The lowest BCUT2D eigenvalue weighted by Gasteiger charge is -2.36. The normalized spacial score (nSPS) is 23.3. The molecule has 3 aromatic carbocycles. The van der Waals surface area contributed by atoms with Crippen LogP contribution in [-0.2, 0) is 0 Å². The SMILES string of the molecule is CN1N=C2c3ccccc3OC(c3ccccc3)C2C1c1ccc(Cl)cc1. The Labute approximate surface area is 163 Å². The summed E-state index contributed by atoms with van der Waals surface area (Å²) in [4.78, 5) is 0. The standard InChI is InChI=1S/C23H19ClN2O/c1-26-22(15-11-13-17(24)14-12-15)20-21(25-26)18-9-5-6-10-19(18)27-23(20)16-7-3-2-4-8-16/h2-14,20,22-23H,1H3. The van der Waals surface area contributed by atoms with Crippen LogP contribution in [0.4, 0.5) is 0 Å². The van der Waals surface area contributed by atoms with Gasteiger partial charge >= 0.3 is 0 Å². The van der Waals surface area contributed by atoms with Gasteiger partial charge in [0, 0.05) is 17.6 Å². The fourth-order valence-electron chi connectivity index (χ4n) is 4.22. The van der Waals surface area contributed by atoms with Gasteiger partial charge in [0.15, 0.2) is 0 Å². The molecule has 5 rings (SSSR count). The summed E-state index contributed by atoms with van der Waals surface area (Å²) >= 11 is 6.12. The molecule has 0 aromatic heterocycles. The van der Waals surface area contributed by atoms with Gasteiger partial charge in [-0.3, -0.25) is 5.01 Å². The molecule has 3 unspecified atom stereocenters. The van der Waals surface area contributed by atoms with Crippen molar-refractivity contribution in [3.63, 3.8) is 0 Å². The van der Waals surface area contributed by atoms with Crippen molar-refractivity contribution in [2.75, 3.05) is 7.05 Å². The van der Waals surface area contributed by atoms with Crippen LogP contribution in [0.1, 0.15) is 28.8 Å². The Morgan fingerprint density at radius 1 is 0.852 bits per heavy atom. The predicted octanol–water partition coefficient (Wildman–Crippen LogP) is 5.48. The molecular weight excluding hydrogens is 356 g/mol. The van der Waals surface area contributed by atoms with Gasteiger partial charge in [-0.25, -0.2) is 0 Å². The lowest BCUT2D eigenvalue weighted by atomic mass is 9.79. The van der Waals surface area contributed by atoms with E-state index < -0.39 is 0 Å². The summed E-state index contributed by atoms with van der Waals surface area (Å²) in [6.07, 6.45) is -0.0921. The second kappa shape index (κ2) is 6.43. The highest BCUT2D eigenvalue weighted by Gasteiger charge is 2.47. The van der Waals surface area contributed by atoms with Crippen molar-refractivity contribution in [1.82, 2.24) is 5.01 Å². The summed E-state index contributed by atoms with van der Waals surface area (Å²) in [5.41, 5.74) is 4.53. The van der Waals surface area contributed by atoms with Crippen molar-refractivity contribution < 1.29 is 4.74 Å². The van der Waals surface area contributed by atoms with Crippen LogP contribution in [0.15, 0.2) is 84.0 Å². The fraction of sp³-hybridized carbons (Fsp3) is 0.174. The Hall–Kier alpha value is -2.78. The quantitative estimate of drug-likeness (QED) is 0.593. The van der Waals surface area contributed by atoms with Crippen LogP contribution in [0.5, 0.6) is 5.75 Å². The highest BCUT2D eigenvalue weighted by atomic mass is 35.5. The maximum atomic E-state index is 6.52. The smallest absolute Gasteiger partial charge is 0.135 e. The van der Waals surface area contributed by atoms with Crippen molar-refractivity contribution in [2.45, 2.75) is 12.1 Å². The van der Waals surface area contributed by atoms with Crippen LogP contribution in [0, 0.1) is 5.92 Å². The molecule has 0 bridgehead atoms. The van der Waals surface area contributed by atoms with E-state index in [1.165, 1.54) is 11.1 Å². The lowest BCUT2D eigenvalue weighted by molar-refractivity contribution is 0.113. The van der Waals surface area contributed by atoms with E-state index in [9.17, 15) is 0 Å². The van der Waals surface area contributed by atoms with Crippen LogP contribution in [0.2, 0.25) is 5.02 Å². The third-order valence-electron chi connectivity index (χ3n) is 5.41. The zero-order chi connectivity index (χ0) is 18.4. The number of hydrogen-bond donors (Lipinski definition) is 0. The maximum Gasteiger partial charge on any atom is 0.135 e. The van der Waals surface area contributed by atoms with E-state index in [0.29, 0.717) is 0 Å². The molecule has 0 aliphatic carbocycles. The molecule has 27 heavy (non-hydrogen) atoms. The number of halogens is 1. The molecule has 3 atom stereocenters. The first-order valence-corrected chi connectivity index (χ1v) is 9.48. The minimum atomic E-state index is -0.0921. The average molecular weight is 375 g/mol. The van der Waals surface area contributed by atoms with Crippen molar-refractivity contribution in [1.29, 1.82) is 0 Å². The number of fused-ring (bicyclic) bond motifs is 3. The second-order valence-corrected chi connectivity index (χ2v) is 7.46. The van der Waals surface area contributed by atoms with Crippen molar-refractivity contribution in [2.24, 2.45) is 11.0 Å². The van der Waals surface area contributed by atoms with Gasteiger partial charge in [0.25, 0.3) is 0 Å². The molecule has 134 valence electrons. The summed E-state index contributed by atoms with van der Waals surface area (Å²) in [6.45, 7) is 0. The molecule has 0 saturated carbocycles. The van der Waals surface area contributed by atoms with Gasteiger partial charge in [-0.1, -0.05) is 66.2 Å². The van der Waals surface area contributed by atoms with E-state index in [-0.39, 0.29) is 18.1 Å². The van der Waals surface area contributed by atoms with Crippen LogP contribution in [0.25, 0.3) is 0 Å². The highest BCUT2D eigenvalue weighted by Crippen LogP contribution is 2.49. The zero-order valence-corrected chi connectivity index (χ0v) is 15.7. The first kappa shape index (κ1) is 16.4. The van der Waals surface area contributed by atoms with Gasteiger partial charge in [-0.2, -0.15) is 5.10 Å². The summed E-state index contributed by atoms with van der Waals surface area (Å²) < 4.78 is 6.52. The summed E-state index contributed by atoms with van der Waals surface area (Å²) in [5, 5.41) is 7.75. The first-order chi connectivity index (χ1) is 13.2. The average Bonchev–Trinajstić information content (AvgIpc) is 3.06. The van der Waals surface area contributed by atoms with Crippen LogP contribution < -0.4 is 4.74 Å². The Bertz CT molecular complexity index is 1000. The van der Waals surface area contributed by atoms with Gasteiger partial charge < -0.3 is 4.74 Å². The Morgan fingerprint density at radius 2 is 1.56 bits per heavy atom. The van der Waals surface area contributed by atoms with Gasteiger partial charge in [-0.05, 0) is 35.4 Å². The molecule has 3 nitrogen and oxygen atoms in total. The molecule has 0 radical (unpaired) electrons. The van der Waals surface area contributed by atoms with Crippen LogP contribution in [0.3, 0.4) is 0 Å². The fourth-order valence-corrected chi connectivity index (χ4v) is 4.34. The van der Waals surface area contributed by atoms with E-state index in [4.69, 9.17) is 21.4 Å². The molecule has 2 aliphatic rings. The number of para-hydroxylation sites is 1. The van der Waals surface area contributed by atoms with E-state index >= 15 is 0 Å². The van der Waals surface area contributed by atoms with Gasteiger partial charge in [0.2, 0.25) is 0 Å². The molecule has 0 amide bonds. The molecule has 2 aliphatic heterocycles. The number of hydrogen-bond acceptors (Lipinski definition) is 3. The van der Waals surface area contributed by atoms with E-state index in [2.05, 4.69) is 47.5 Å². The molecule has 3 aromatic rings. The largest absolute Gasteiger partial charge is 0.484 e. The predicted molar refractivity (Wildman–Crippen MR) is 108 cm³/mol. The molecule has 2 heterocycles. The third kappa shape index (κ3) is 2.70. The van der Waals surface area contributed by atoms with Crippen LogP contribution >= 0.6 is 11.6 Å². The topological polar surface area (TPSA) is 24.8 Å². The zero-order valence-electron chi connectivity index (χ0n) is 14.9. The highest BCUT2D eigenvalue weighted by molar-refractivity contribution is 6.30. The Morgan fingerprint density at radius 3 is 2.33 bits per heavy atom. The van der Waals surface area contributed by atoms with Crippen molar-refractivity contribution >= 4 is 17.3 Å². The molecule has 4 heteroatoms. The number of hydrazone groups is 1. The molecule has 0 saturated heterocycles. The van der Waals surface area contributed by atoms with E-state index in [1.54, 1.807) is 0 Å². The minimum Gasteiger partial charge on any atom is -0.484 e. The third-order valence-corrected chi connectivity index (χ3v) is 5.66. The Kier molecular flexibility index (Phi) is 3.91. The van der Waals surface area contributed by atoms with Gasteiger partial charge in [0.05, 0.1) is 17.7 Å². The van der Waals surface area contributed by atoms with Crippen molar-refractivity contribution in [3.8, 4) is 5.75 Å². The van der Waals surface area contributed by atoms with E-state index in [1.807, 2.05) is 43.4 Å². The summed E-state index contributed by atoms with van der Waals surface area (Å²) in [7, 11) is 2.04. The molecule has 0 fully saturated rings. The molecule has 0 spiro atoms. The summed E-state index contributed by atoms with van der Waals surface area (Å²) in [5.74, 6) is 1.000. The number of rotatable bonds is 2. The number of nitrogens with zero attached hydrogens (tertiary/aromatic N) is 2. The Balaban J connectivity index is 1.66. The summed E-state index contributed by atoms with van der Waals surface area (Å²) in [6, 6.07) is 26.8. The molecule has 0 N–H and O–H groups in total. The number of ether oxygens (including phenoxy) is 1. The van der Waals surface area contributed by atoms with Crippen LogP contribution in [-0.4, -0.2) is 17.8 Å². The van der Waals surface area contributed by atoms with Crippen molar-refractivity contribution in [3.05, 3.63) is 101 Å². The monoisotopic (exact) mass is 374 g/mol. The number of benzene rings is 3. The lowest BCUT2D eigenvalue weighted by Crippen LogP contribution is -2.35. The van der Waals surface area contributed by atoms with E-state index in [0.717, 1.165) is 22.0 Å². The van der Waals surface area contributed by atoms with Gasteiger partial charge in [-0.15, -0.1) is 0 Å². The second-order valence-electron chi connectivity index (χ2n) is 7.03. The first-order valence-electron chi connectivity index (χ1n) is 9.10. The van der Waals surface area contributed by atoms with Gasteiger partial charge in [0.1, 0.15) is 11.9 Å². The maximum absolute atomic E-state index is 6.52.